The molecule has 17 heavy (non-hydrogen) atoms. The van der Waals surface area contributed by atoms with E-state index in [1.807, 2.05) is 24.3 Å². The van der Waals surface area contributed by atoms with Gasteiger partial charge in [-0.2, -0.15) is 4.98 Å². The number of anilines is 2. The highest BCUT2D eigenvalue weighted by Crippen LogP contribution is 2.26. The summed E-state index contributed by atoms with van der Waals surface area (Å²) in [5.41, 5.74) is 1.82. The Hall–Kier alpha value is -1.58. The van der Waals surface area contributed by atoms with Crippen LogP contribution in [-0.2, 0) is 0 Å². The Morgan fingerprint density at radius 1 is 1.24 bits per heavy atom. The van der Waals surface area contributed by atoms with Crippen LogP contribution in [0.25, 0.3) is 6.08 Å². The summed E-state index contributed by atoms with van der Waals surface area (Å²) in [6.07, 6.45) is 3.20. The Balaban J connectivity index is 2.37. The number of aromatic nitrogens is 2. The number of benzene rings is 1. The van der Waals surface area contributed by atoms with E-state index in [9.17, 15) is 0 Å². The van der Waals surface area contributed by atoms with E-state index in [0.29, 0.717) is 10.8 Å². The van der Waals surface area contributed by atoms with Crippen LogP contribution in [0.3, 0.4) is 0 Å². The summed E-state index contributed by atoms with van der Waals surface area (Å²) in [5, 5.41) is 3.65. The molecule has 2 aromatic rings. The van der Waals surface area contributed by atoms with Gasteiger partial charge in [0, 0.05) is 5.69 Å². The highest BCUT2D eigenvalue weighted by molar-refractivity contribution is 6.33. The monoisotopic (exact) mass is 265 g/mol. The van der Waals surface area contributed by atoms with Gasteiger partial charge in [0.15, 0.2) is 5.82 Å². The zero-order valence-electron chi connectivity index (χ0n) is 8.82. The van der Waals surface area contributed by atoms with Crippen molar-refractivity contribution in [3.63, 3.8) is 0 Å². The van der Waals surface area contributed by atoms with E-state index in [2.05, 4.69) is 21.9 Å². The van der Waals surface area contributed by atoms with Crippen molar-refractivity contribution in [1.29, 1.82) is 0 Å². The summed E-state index contributed by atoms with van der Waals surface area (Å²) in [6.45, 7) is 3.74. The highest BCUT2D eigenvalue weighted by Gasteiger charge is 2.06. The van der Waals surface area contributed by atoms with Gasteiger partial charge >= 0.3 is 0 Å². The van der Waals surface area contributed by atoms with Crippen LogP contribution in [0.5, 0.6) is 0 Å². The van der Waals surface area contributed by atoms with Crippen molar-refractivity contribution in [3.05, 3.63) is 52.9 Å². The molecule has 0 spiro atoms. The Morgan fingerprint density at radius 3 is 2.76 bits per heavy atom. The highest BCUT2D eigenvalue weighted by atomic mass is 35.5. The molecule has 0 aliphatic heterocycles. The Kier molecular flexibility index (Phi) is 3.61. The van der Waals surface area contributed by atoms with Crippen molar-refractivity contribution >= 4 is 40.8 Å². The molecule has 0 amide bonds. The number of halogens is 2. The number of nitrogens with one attached hydrogen (secondary N) is 1. The molecule has 0 aliphatic carbocycles. The largest absolute Gasteiger partial charge is 0.338 e. The van der Waals surface area contributed by atoms with Crippen molar-refractivity contribution in [3.8, 4) is 0 Å². The lowest BCUT2D eigenvalue weighted by Gasteiger charge is -2.09. The van der Waals surface area contributed by atoms with E-state index < -0.39 is 0 Å². The second kappa shape index (κ2) is 5.17. The van der Waals surface area contributed by atoms with Crippen LogP contribution in [-0.4, -0.2) is 9.97 Å². The molecule has 1 N–H and O–H groups in total. The lowest BCUT2D eigenvalue weighted by atomic mass is 10.2. The number of nitrogens with zero attached hydrogens (tertiary/aromatic N) is 2. The molecule has 0 saturated heterocycles. The smallest absolute Gasteiger partial charge is 0.224 e. The molecule has 1 heterocycles. The maximum absolute atomic E-state index is 5.97. The fraction of sp³-hybridized carbons (Fsp3) is 0. The fourth-order valence-corrected chi connectivity index (χ4v) is 1.62. The molecule has 86 valence electrons. The van der Waals surface area contributed by atoms with E-state index in [1.165, 1.54) is 6.20 Å². The van der Waals surface area contributed by atoms with Gasteiger partial charge in [-0.15, -0.1) is 0 Å². The van der Waals surface area contributed by atoms with Crippen molar-refractivity contribution in [2.75, 3.05) is 5.32 Å². The molecular formula is C12H9Cl2N3. The van der Waals surface area contributed by atoms with Gasteiger partial charge < -0.3 is 5.32 Å². The molecule has 3 nitrogen and oxygen atoms in total. The summed E-state index contributed by atoms with van der Waals surface area (Å²) in [6, 6.07) is 7.68. The predicted molar refractivity (Wildman–Crippen MR) is 71.9 cm³/mol. The van der Waals surface area contributed by atoms with Crippen molar-refractivity contribution < 1.29 is 0 Å². The van der Waals surface area contributed by atoms with Gasteiger partial charge in [0.1, 0.15) is 5.02 Å². The van der Waals surface area contributed by atoms with E-state index in [4.69, 9.17) is 23.2 Å². The van der Waals surface area contributed by atoms with Crippen LogP contribution in [0.1, 0.15) is 5.56 Å². The standard InChI is InChI=1S/C12H9Cl2N3/c1-2-8-5-3-4-6-10(8)16-11-9(13)7-15-12(14)17-11/h2-7H,1H2,(H,15,16,17). The molecule has 1 aromatic carbocycles. The quantitative estimate of drug-likeness (QED) is 0.847. The molecule has 0 unspecified atom stereocenters. The Labute approximate surface area is 109 Å². The van der Waals surface area contributed by atoms with Crippen LogP contribution < -0.4 is 5.32 Å². The first kappa shape index (κ1) is 11.9. The van der Waals surface area contributed by atoms with Crippen molar-refractivity contribution in [2.45, 2.75) is 0 Å². The number of rotatable bonds is 3. The van der Waals surface area contributed by atoms with Gasteiger partial charge in [0.2, 0.25) is 5.28 Å². The zero-order valence-corrected chi connectivity index (χ0v) is 10.3. The maximum Gasteiger partial charge on any atom is 0.224 e. The fourth-order valence-electron chi connectivity index (χ4n) is 1.35. The van der Waals surface area contributed by atoms with Gasteiger partial charge in [0.05, 0.1) is 6.20 Å². The molecule has 0 aliphatic rings. The average molecular weight is 266 g/mol. The maximum atomic E-state index is 5.97. The third-order valence-electron chi connectivity index (χ3n) is 2.15. The minimum absolute atomic E-state index is 0.146. The first-order valence-electron chi connectivity index (χ1n) is 4.87. The SMILES string of the molecule is C=Cc1ccccc1Nc1nc(Cl)ncc1Cl. The second-order valence-corrected chi connectivity index (χ2v) is 4.00. The van der Waals surface area contributed by atoms with Crippen molar-refractivity contribution in [2.24, 2.45) is 0 Å². The summed E-state index contributed by atoms with van der Waals surface area (Å²) in [4.78, 5) is 7.81. The molecule has 5 heteroatoms. The summed E-state index contributed by atoms with van der Waals surface area (Å²) < 4.78 is 0. The van der Waals surface area contributed by atoms with Crippen LogP contribution in [0, 0.1) is 0 Å². The van der Waals surface area contributed by atoms with Crippen LogP contribution >= 0.6 is 23.2 Å². The van der Waals surface area contributed by atoms with Crippen molar-refractivity contribution in [1.82, 2.24) is 9.97 Å². The van der Waals surface area contributed by atoms with Crippen LogP contribution in [0.2, 0.25) is 10.3 Å². The van der Waals surface area contributed by atoms with E-state index in [-0.39, 0.29) is 5.28 Å². The molecule has 0 saturated carbocycles. The topological polar surface area (TPSA) is 37.8 Å². The molecule has 0 atom stereocenters. The zero-order chi connectivity index (χ0) is 12.3. The first-order chi connectivity index (χ1) is 8.20. The van der Waals surface area contributed by atoms with Gasteiger partial charge in [-0.05, 0) is 23.2 Å². The lowest BCUT2D eigenvalue weighted by Crippen LogP contribution is -1.97. The van der Waals surface area contributed by atoms with Gasteiger partial charge in [-0.25, -0.2) is 4.98 Å². The van der Waals surface area contributed by atoms with Gasteiger partial charge in [-0.3, -0.25) is 0 Å². The summed E-state index contributed by atoms with van der Waals surface area (Å²) in [7, 11) is 0. The molecule has 1 aromatic heterocycles. The molecule has 0 radical (unpaired) electrons. The Morgan fingerprint density at radius 2 is 2.00 bits per heavy atom. The predicted octanol–water partition coefficient (Wildman–Crippen LogP) is 4.17. The van der Waals surface area contributed by atoms with Crippen LogP contribution in [0.4, 0.5) is 11.5 Å². The van der Waals surface area contributed by atoms with E-state index in [1.54, 1.807) is 6.08 Å². The molecule has 0 bridgehead atoms. The average Bonchev–Trinajstić information content (AvgIpc) is 2.34. The minimum atomic E-state index is 0.146. The number of para-hydroxylation sites is 1. The molecule has 0 fully saturated rings. The summed E-state index contributed by atoms with van der Waals surface area (Å²) in [5.74, 6) is 0.473. The number of hydrogen-bond donors (Lipinski definition) is 1. The first-order valence-corrected chi connectivity index (χ1v) is 5.63. The molecular weight excluding hydrogens is 257 g/mol. The second-order valence-electron chi connectivity index (χ2n) is 3.25. The third kappa shape index (κ3) is 2.75. The molecule has 2 rings (SSSR count). The van der Waals surface area contributed by atoms with Gasteiger partial charge in [0.25, 0.3) is 0 Å². The third-order valence-corrected chi connectivity index (χ3v) is 2.61. The van der Waals surface area contributed by atoms with Crippen LogP contribution in [0.15, 0.2) is 37.0 Å². The lowest BCUT2D eigenvalue weighted by molar-refractivity contribution is 1.17. The number of hydrogen-bond acceptors (Lipinski definition) is 3. The summed E-state index contributed by atoms with van der Waals surface area (Å²) >= 11 is 11.7. The van der Waals surface area contributed by atoms with E-state index in [0.717, 1.165) is 11.3 Å². The van der Waals surface area contributed by atoms with E-state index >= 15 is 0 Å². The minimum Gasteiger partial charge on any atom is -0.338 e. The van der Waals surface area contributed by atoms with Gasteiger partial charge in [-0.1, -0.05) is 42.5 Å². The normalized spacial score (nSPS) is 10.0. The Bertz CT molecular complexity index is 555.